The molecule has 0 saturated carbocycles. The molecule has 1 fully saturated rings. The molecule has 2 heterocycles. The highest BCUT2D eigenvalue weighted by atomic mass is 32.2. The number of rotatable bonds is 3. The first-order valence-electron chi connectivity index (χ1n) is 13.0. The second-order valence-electron chi connectivity index (χ2n) is 8.92. The van der Waals surface area contributed by atoms with Gasteiger partial charge < -0.3 is 14.4 Å². The molecule has 4 nitrogen and oxygen atoms in total. The molecule has 0 radical (unpaired) electrons. The van der Waals surface area contributed by atoms with E-state index in [-0.39, 0.29) is 0 Å². The molecule has 6 heteroatoms. The van der Waals surface area contributed by atoms with Crippen LogP contribution in [-0.2, 0) is 9.47 Å². The zero-order valence-corrected chi connectivity index (χ0v) is 22.8. The summed E-state index contributed by atoms with van der Waals surface area (Å²) in [7, 11) is 0. The van der Waals surface area contributed by atoms with E-state index in [9.17, 15) is 0 Å². The highest BCUT2D eigenvalue weighted by Gasteiger charge is 2.09. The minimum Gasteiger partial charge on any atom is -0.378 e. The normalized spacial score (nSPS) is 17.1. The number of aromatic nitrogens is 1. The Bertz CT molecular complexity index is 1240. The van der Waals surface area contributed by atoms with E-state index in [0.29, 0.717) is 13.2 Å². The monoisotopic (exact) mass is 530 g/mol. The van der Waals surface area contributed by atoms with Crippen molar-refractivity contribution >= 4 is 63.2 Å². The van der Waals surface area contributed by atoms with Gasteiger partial charge in [0, 0.05) is 52.6 Å². The highest BCUT2D eigenvalue weighted by Crippen LogP contribution is 2.28. The Morgan fingerprint density at radius 3 is 1.78 bits per heavy atom. The summed E-state index contributed by atoms with van der Waals surface area (Å²) in [6.07, 6.45) is 4.46. The largest absolute Gasteiger partial charge is 0.378 e. The van der Waals surface area contributed by atoms with Crippen molar-refractivity contribution in [3.63, 3.8) is 0 Å². The maximum Gasteiger partial charge on any atom is 0.0715 e. The molecule has 0 atom stereocenters. The van der Waals surface area contributed by atoms with Crippen LogP contribution < -0.4 is 4.90 Å². The molecule has 0 amide bonds. The summed E-state index contributed by atoms with van der Waals surface area (Å²) in [6, 6.07) is 25.8. The number of fused-ring (bicyclic) bond motifs is 2. The van der Waals surface area contributed by atoms with E-state index >= 15 is 0 Å². The molecule has 37 heavy (non-hydrogen) atoms. The van der Waals surface area contributed by atoms with Crippen LogP contribution in [0.3, 0.4) is 0 Å². The molecule has 192 valence electrons. The first-order chi connectivity index (χ1) is 18.4. The number of nitrogens with zero attached hydrogens (tertiary/aromatic N) is 2. The van der Waals surface area contributed by atoms with Crippen molar-refractivity contribution in [2.24, 2.45) is 0 Å². The van der Waals surface area contributed by atoms with Gasteiger partial charge in [-0.2, -0.15) is 23.5 Å². The second-order valence-corrected chi connectivity index (χ2v) is 11.4. The van der Waals surface area contributed by atoms with Gasteiger partial charge in [-0.15, -0.1) is 0 Å². The number of hydrogen-bond acceptors (Lipinski definition) is 6. The molecular weight excluding hydrogens is 496 g/mol. The Balaban J connectivity index is 1.31. The van der Waals surface area contributed by atoms with E-state index in [4.69, 9.17) is 14.5 Å². The Labute approximate surface area is 228 Å². The number of anilines is 1. The molecule has 5 rings (SSSR count). The molecule has 1 aromatic heterocycles. The number of ether oxygens (including phenoxy) is 2. The lowest BCUT2D eigenvalue weighted by Crippen LogP contribution is -2.28. The number of para-hydroxylation sites is 2. The van der Waals surface area contributed by atoms with Gasteiger partial charge in [0.15, 0.2) is 0 Å². The van der Waals surface area contributed by atoms with E-state index in [2.05, 4.69) is 89.8 Å². The zero-order valence-electron chi connectivity index (χ0n) is 21.2. The Kier molecular flexibility index (Phi) is 9.79. The van der Waals surface area contributed by atoms with Gasteiger partial charge in [-0.25, -0.2) is 4.98 Å². The van der Waals surface area contributed by atoms with Crippen LogP contribution in [0, 0.1) is 0 Å². The van der Waals surface area contributed by atoms with Crippen LogP contribution in [0.2, 0.25) is 0 Å². The molecule has 1 aliphatic heterocycles. The number of thioether (sulfide) groups is 2. The summed E-state index contributed by atoms with van der Waals surface area (Å²) >= 11 is 3.93. The lowest BCUT2D eigenvalue weighted by molar-refractivity contribution is 0.0605. The fraction of sp³-hybridized carbons (Fsp3) is 0.323. The molecule has 1 saturated heterocycles. The molecular formula is C31H34N2O2S2. The Morgan fingerprint density at radius 1 is 0.622 bits per heavy atom. The topological polar surface area (TPSA) is 34.6 Å². The van der Waals surface area contributed by atoms with Crippen molar-refractivity contribution in [3.8, 4) is 0 Å². The zero-order chi connectivity index (χ0) is 25.1. The van der Waals surface area contributed by atoms with Crippen molar-refractivity contribution in [1.29, 1.82) is 0 Å². The quantitative estimate of drug-likeness (QED) is 0.269. The van der Waals surface area contributed by atoms with Crippen molar-refractivity contribution < 1.29 is 9.47 Å². The fourth-order valence-electron chi connectivity index (χ4n) is 4.51. The van der Waals surface area contributed by atoms with Gasteiger partial charge in [0.25, 0.3) is 0 Å². The lowest BCUT2D eigenvalue weighted by atomic mass is 10.0. The average molecular weight is 531 g/mol. The summed E-state index contributed by atoms with van der Waals surface area (Å²) < 4.78 is 11.3. The molecule has 0 unspecified atom stereocenters. The van der Waals surface area contributed by atoms with E-state index in [1.807, 2.05) is 23.5 Å². The van der Waals surface area contributed by atoms with E-state index in [1.54, 1.807) is 0 Å². The number of benzene rings is 3. The predicted octanol–water partition coefficient (Wildman–Crippen LogP) is 6.88. The molecule has 0 bridgehead atoms. The highest BCUT2D eigenvalue weighted by molar-refractivity contribution is 7.99. The molecule has 0 spiro atoms. The van der Waals surface area contributed by atoms with Gasteiger partial charge in [0.2, 0.25) is 0 Å². The van der Waals surface area contributed by atoms with E-state index in [0.717, 1.165) is 60.3 Å². The number of hydrogen-bond donors (Lipinski definition) is 0. The smallest absolute Gasteiger partial charge is 0.0715 e. The second kappa shape index (κ2) is 13.9. The van der Waals surface area contributed by atoms with Gasteiger partial charge in [0.1, 0.15) is 0 Å². The molecule has 4 aromatic rings. The molecule has 0 aliphatic carbocycles. The predicted molar refractivity (Wildman–Crippen MR) is 163 cm³/mol. The van der Waals surface area contributed by atoms with Crippen molar-refractivity contribution in [3.05, 3.63) is 83.9 Å². The average Bonchev–Trinajstić information content (AvgIpc) is 2.95. The third-order valence-corrected chi connectivity index (χ3v) is 8.31. The minimum atomic E-state index is 0.700. The third-order valence-electron chi connectivity index (χ3n) is 6.46. The van der Waals surface area contributed by atoms with Crippen molar-refractivity contribution in [1.82, 2.24) is 4.98 Å². The standard InChI is InChI=1S/C31H34N2O2S2/c1-3-7-30-28(5-1)27(29-6-2-4-8-31(29)32-30)14-11-25-9-12-26(13-10-25)33-15-21-36-23-19-34-17-18-35-20-24-37-22-16-33/h1-14H,15-24H2/b14-11+. The third kappa shape index (κ3) is 7.29. The maximum atomic E-state index is 5.66. The molecule has 0 N–H and O–H groups in total. The summed E-state index contributed by atoms with van der Waals surface area (Å²) in [5.74, 6) is 4.28. The molecule has 3 aromatic carbocycles. The molecule has 1 aliphatic rings. The fourth-order valence-corrected chi connectivity index (χ4v) is 6.09. The number of pyridine rings is 1. The van der Waals surface area contributed by atoms with E-state index in [1.165, 1.54) is 27.6 Å². The summed E-state index contributed by atoms with van der Waals surface area (Å²) in [5, 5.41) is 2.36. The van der Waals surface area contributed by atoms with Crippen LogP contribution in [0.25, 0.3) is 34.0 Å². The van der Waals surface area contributed by atoms with Crippen molar-refractivity contribution in [2.75, 3.05) is 67.4 Å². The Morgan fingerprint density at radius 2 is 1.19 bits per heavy atom. The van der Waals surface area contributed by atoms with Crippen LogP contribution >= 0.6 is 23.5 Å². The van der Waals surface area contributed by atoms with Gasteiger partial charge in [-0.1, -0.05) is 60.7 Å². The lowest BCUT2D eigenvalue weighted by Gasteiger charge is -2.25. The van der Waals surface area contributed by atoms with Gasteiger partial charge in [-0.3, -0.25) is 0 Å². The minimum absolute atomic E-state index is 0.700. The van der Waals surface area contributed by atoms with Crippen LogP contribution in [0.15, 0.2) is 72.8 Å². The first-order valence-corrected chi connectivity index (χ1v) is 15.3. The first kappa shape index (κ1) is 26.1. The van der Waals surface area contributed by atoms with Gasteiger partial charge in [-0.05, 0) is 35.4 Å². The Hall–Kier alpha value is -2.51. The van der Waals surface area contributed by atoms with Crippen LogP contribution in [-0.4, -0.2) is 67.5 Å². The summed E-state index contributed by atoms with van der Waals surface area (Å²) in [4.78, 5) is 7.37. The van der Waals surface area contributed by atoms with Crippen molar-refractivity contribution in [2.45, 2.75) is 0 Å². The van der Waals surface area contributed by atoms with E-state index < -0.39 is 0 Å². The van der Waals surface area contributed by atoms with Crippen LogP contribution in [0.5, 0.6) is 0 Å². The summed E-state index contributed by atoms with van der Waals surface area (Å²) in [6.45, 7) is 5.09. The van der Waals surface area contributed by atoms with Gasteiger partial charge in [0.05, 0.1) is 37.5 Å². The summed E-state index contributed by atoms with van der Waals surface area (Å²) in [5.41, 5.74) is 5.77. The SMILES string of the molecule is C(=C\c1c2ccccc2nc2ccccc12)/c1ccc(N2CCSCCOCCOCCSCC2)cc1. The van der Waals surface area contributed by atoms with Crippen LogP contribution in [0.1, 0.15) is 11.1 Å². The van der Waals surface area contributed by atoms with Gasteiger partial charge >= 0.3 is 0 Å². The maximum absolute atomic E-state index is 5.66. The van der Waals surface area contributed by atoms with Crippen LogP contribution in [0.4, 0.5) is 5.69 Å².